The topological polar surface area (TPSA) is 101 Å². The van der Waals surface area contributed by atoms with Crippen LogP contribution >= 0.6 is 0 Å². The number of furan rings is 1. The summed E-state index contributed by atoms with van der Waals surface area (Å²) in [4.78, 5) is 24.1. The van der Waals surface area contributed by atoms with Crippen LogP contribution in [0.2, 0.25) is 0 Å². The number of carbonyl (C=O) groups is 2. The number of hydrogen-bond acceptors (Lipinski definition) is 5. The van der Waals surface area contributed by atoms with Crippen LogP contribution < -0.4 is 0 Å². The summed E-state index contributed by atoms with van der Waals surface area (Å²) in [5, 5.41) is 15.9. The van der Waals surface area contributed by atoms with E-state index < -0.39 is 5.97 Å². The van der Waals surface area contributed by atoms with Gasteiger partial charge in [0.2, 0.25) is 0 Å². The van der Waals surface area contributed by atoms with Crippen LogP contribution in [0, 0.1) is 6.92 Å². The molecular weight excluding hydrogens is 264 g/mol. The number of rotatable bonds is 5. The minimum absolute atomic E-state index is 0.106. The Morgan fingerprint density at radius 2 is 2.25 bits per heavy atom. The maximum Gasteiger partial charge on any atom is 0.325 e. The number of carboxylic acid groups (broad SMARTS) is 1. The average Bonchev–Trinajstić information content (AvgIpc) is 2.98. The fourth-order valence-electron chi connectivity index (χ4n) is 1.71. The highest BCUT2D eigenvalue weighted by Gasteiger charge is 2.17. The smallest absolute Gasteiger partial charge is 0.325 e. The number of nitrogens with zero attached hydrogens (tertiary/aromatic N) is 4. The first kappa shape index (κ1) is 13.8. The summed E-state index contributed by atoms with van der Waals surface area (Å²) in [5.74, 6) is -0.627. The monoisotopic (exact) mass is 278 g/mol. The molecule has 20 heavy (non-hydrogen) atoms. The number of carbonyl (C=O) groups excluding carboxylic acids is 1. The van der Waals surface area contributed by atoms with Crippen LogP contribution in [0.15, 0.2) is 22.9 Å². The molecule has 0 aliphatic rings. The third-order valence-electron chi connectivity index (χ3n) is 2.78. The minimum Gasteiger partial charge on any atom is -0.480 e. The highest BCUT2D eigenvalue weighted by atomic mass is 16.4. The molecule has 0 aliphatic carbocycles. The lowest BCUT2D eigenvalue weighted by Gasteiger charge is -2.14. The highest BCUT2D eigenvalue weighted by Crippen LogP contribution is 2.12. The zero-order valence-electron chi connectivity index (χ0n) is 11.1. The van der Waals surface area contributed by atoms with Crippen molar-refractivity contribution in [1.82, 2.24) is 19.9 Å². The van der Waals surface area contributed by atoms with Crippen molar-refractivity contribution in [3.8, 4) is 0 Å². The van der Waals surface area contributed by atoms with Crippen LogP contribution in [-0.2, 0) is 17.9 Å². The van der Waals surface area contributed by atoms with E-state index in [2.05, 4.69) is 10.3 Å². The van der Waals surface area contributed by atoms with Gasteiger partial charge >= 0.3 is 5.97 Å². The number of aryl methyl sites for hydroxylation is 1. The Labute approximate surface area is 114 Å². The molecule has 2 aromatic rings. The molecule has 1 amide bonds. The Hall–Kier alpha value is -2.64. The van der Waals surface area contributed by atoms with E-state index in [9.17, 15) is 9.59 Å². The molecule has 8 nitrogen and oxygen atoms in total. The maximum atomic E-state index is 12.1. The van der Waals surface area contributed by atoms with Crippen molar-refractivity contribution in [3.05, 3.63) is 35.5 Å². The molecule has 0 saturated carbocycles. The molecule has 2 aromatic heterocycles. The zero-order valence-corrected chi connectivity index (χ0v) is 11.1. The number of aromatic nitrogens is 3. The zero-order chi connectivity index (χ0) is 14.7. The van der Waals surface area contributed by atoms with Gasteiger partial charge in [0.25, 0.3) is 5.91 Å². The van der Waals surface area contributed by atoms with Crippen LogP contribution in [0.4, 0.5) is 0 Å². The fourth-order valence-corrected chi connectivity index (χ4v) is 1.71. The van der Waals surface area contributed by atoms with Crippen molar-refractivity contribution >= 4 is 11.9 Å². The Kier molecular flexibility index (Phi) is 3.83. The average molecular weight is 278 g/mol. The number of amides is 1. The Bertz CT molecular complexity index is 631. The van der Waals surface area contributed by atoms with E-state index in [0.29, 0.717) is 6.54 Å². The molecule has 106 valence electrons. The van der Waals surface area contributed by atoms with Gasteiger partial charge < -0.3 is 14.4 Å². The molecule has 0 aromatic carbocycles. The summed E-state index contributed by atoms with van der Waals surface area (Å²) >= 11 is 0. The molecule has 0 spiro atoms. The molecule has 8 heteroatoms. The molecule has 2 rings (SSSR count). The predicted molar refractivity (Wildman–Crippen MR) is 66.9 cm³/mol. The fraction of sp³-hybridized carbons (Fsp3) is 0.333. The van der Waals surface area contributed by atoms with Gasteiger partial charge in [-0.25, -0.2) is 4.68 Å². The summed E-state index contributed by atoms with van der Waals surface area (Å²) in [6.07, 6.45) is 2.88. The van der Waals surface area contributed by atoms with Gasteiger partial charge in [0.1, 0.15) is 12.3 Å². The SMILES string of the molecule is Cc1occc1CN(C)C(=O)c1cn(CC(=O)O)nn1. The first-order valence-corrected chi connectivity index (χ1v) is 5.87. The summed E-state index contributed by atoms with van der Waals surface area (Å²) < 4.78 is 6.27. The van der Waals surface area contributed by atoms with Crippen LogP contribution in [0.5, 0.6) is 0 Å². The van der Waals surface area contributed by atoms with Gasteiger partial charge in [0.05, 0.1) is 12.5 Å². The van der Waals surface area contributed by atoms with Gasteiger partial charge in [0, 0.05) is 19.2 Å². The minimum atomic E-state index is -1.05. The van der Waals surface area contributed by atoms with E-state index in [-0.39, 0.29) is 18.1 Å². The van der Waals surface area contributed by atoms with Crippen LogP contribution in [-0.4, -0.2) is 43.9 Å². The van der Waals surface area contributed by atoms with E-state index in [1.165, 1.54) is 11.1 Å². The van der Waals surface area contributed by atoms with Crippen molar-refractivity contribution in [2.45, 2.75) is 20.0 Å². The van der Waals surface area contributed by atoms with E-state index in [1.807, 2.05) is 6.92 Å². The van der Waals surface area contributed by atoms with Gasteiger partial charge in [-0.2, -0.15) is 0 Å². The van der Waals surface area contributed by atoms with Gasteiger partial charge in [-0.3, -0.25) is 9.59 Å². The van der Waals surface area contributed by atoms with Gasteiger partial charge in [-0.1, -0.05) is 5.21 Å². The first-order chi connectivity index (χ1) is 9.47. The van der Waals surface area contributed by atoms with Gasteiger partial charge in [-0.05, 0) is 13.0 Å². The summed E-state index contributed by atoms with van der Waals surface area (Å²) in [5.41, 5.74) is 1.01. The van der Waals surface area contributed by atoms with Crippen molar-refractivity contribution in [2.24, 2.45) is 0 Å². The molecule has 0 unspecified atom stereocenters. The normalized spacial score (nSPS) is 10.5. The molecule has 0 atom stereocenters. The third kappa shape index (κ3) is 3.02. The van der Waals surface area contributed by atoms with E-state index in [1.54, 1.807) is 19.4 Å². The second-order valence-corrected chi connectivity index (χ2v) is 4.36. The summed E-state index contributed by atoms with van der Waals surface area (Å²) in [6.45, 7) is 1.87. The molecule has 1 N–H and O–H groups in total. The van der Waals surface area contributed by atoms with E-state index in [0.717, 1.165) is 16.0 Å². The second-order valence-electron chi connectivity index (χ2n) is 4.36. The Morgan fingerprint density at radius 3 is 2.85 bits per heavy atom. The van der Waals surface area contributed by atoms with Crippen molar-refractivity contribution < 1.29 is 19.1 Å². The molecule has 2 heterocycles. The summed E-state index contributed by atoms with van der Waals surface area (Å²) in [7, 11) is 1.63. The lowest BCUT2D eigenvalue weighted by atomic mass is 10.2. The predicted octanol–water partition coefficient (Wildman–Crippen LogP) is 0.536. The van der Waals surface area contributed by atoms with Crippen LogP contribution in [0.3, 0.4) is 0 Å². The quantitative estimate of drug-likeness (QED) is 0.856. The highest BCUT2D eigenvalue weighted by molar-refractivity contribution is 5.91. The molecule has 0 bridgehead atoms. The maximum absolute atomic E-state index is 12.1. The Morgan fingerprint density at radius 1 is 1.50 bits per heavy atom. The third-order valence-corrected chi connectivity index (χ3v) is 2.78. The molecule has 0 fully saturated rings. The van der Waals surface area contributed by atoms with Crippen molar-refractivity contribution in [1.29, 1.82) is 0 Å². The first-order valence-electron chi connectivity index (χ1n) is 5.87. The number of carboxylic acids is 1. The molecular formula is C12H14N4O4. The van der Waals surface area contributed by atoms with Crippen LogP contribution in [0.25, 0.3) is 0 Å². The summed E-state index contributed by atoms with van der Waals surface area (Å²) in [6, 6.07) is 1.79. The number of hydrogen-bond donors (Lipinski definition) is 1. The van der Waals surface area contributed by atoms with E-state index in [4.69, 9.17) is 9.52 Å². The second kappa shape index (κ2) is 5.55. The van der Waals surface area contributed by atoms with Gasteiger partial charge in [-0.15, -0.1) is 5.10 Å². The number of aliphatic carboxylic acids is 1. The molecule has 0 aliphatic heterocycles. The van der Waals surface area contributed by atoms with Crippen molar-refractivity contribution in [2.75, 3.05) is 7.05 Å². The van der Waals surface area contributed by atoms with Gasteiger partial charge in [0.15, 0.2) is 5.69 Å². The lowest BCUT2D eigenvalue weighted by Crippen LogP contribution is -2.26. The Balaban J connectivity index is 2.05. The lowest BCUT2D eigenvalue weighted by molar-refractivity contribution is -0.137. The standard InChI is InChI=1S/C12H14N4O4/c1-8-9(3-4-20-8)5-15(2)12(19)10-6-16(14-13-10)7-11(17)18/h3-4,6H,5,7H2,1-2H3,(H,17,18). The molecule has 0 radical (unpaired) electrons. The largest absolute Gasteiger partial charge is 0.480 e. The molecule has 0 saturated heterocycles. The van der Waals surface area contributed by atoms with Crippen molar-refractivity contribution in [3.63, 3.8) is 0 Å². The van der Waals surface area contributed by atoms with E-state index >= 15 is 0 Å². The van der Waals surface area contributed by atoms with Crippen LogP contribution in [0.1, 0.15) is 21.8 Å².